The number of rotatable bonds is 20. The first-order chi connectivity index (χ1) is 41.9. The second-order valence-electron chi connectivity index (χ2n) is 19.9. The first-order valence-corrected chi connectivity index (χ1v) is 31.5. The minimum atomic E-state index is -5.60. The minimum Gasteiger partial charge on any atom is -0.394 e. The Labute approximate surface area is 487 Å². The number of hydrogen-bond donors (Lipinski definition) is 12. The van der Waals surface area contributed by atoms with Crippen molar-refractivity contribution in [2.45, 2.75) is 98.2 Å². The molecule has 44 nitrogen and oxygen atoms in total. The van der Waals surface area contributed by atoms with Crippen LogP contribution in [-0.2, 0) is 73.4 Å². The fraction of sp³-hybridized carbons (Fsp3) is 0.500. The summed E-state index contributed by atoms with van der Waals surface area (Å²) in [6, 6.07) is 0. The maximum atomic E-state index is 14.1. The van der Waals surface area contributed by atoms with Crippen molar-refractivity contribution in [3.8, 4) is 0 Å². The van der Waals surface area contributed by atoms with Gasteiger partial charge in [-0.25, -0.2) is 78.1 Å². The molecule has 20 atom stereocenters. The Morgan fingerprint density at radius 3 is 1.10 bits per heavy atom. The summed E-state index contributed by atoms with van der Waals surface area (Å²) in [7, 11) is -21.2. The van der Waals surface area contributed by atoms with Crippen molar-refractivity contribution in [2.75, 3.05) is 49.4 Å². The quantitative estimate of drug-likeness (QED) is 0.0333. The van der Waals surface area contributed by atoms with Crippen molar-refractivity contribution in [3.63, 3.8) is 0 Å². The number of phosphoric acid groups is 4. The summed E-state index contributed by atoms with van der Waals surface area (Å²) in [6.45, 7) is -3.85. The van der Waals surface area contributed by atoms with Crippen LogP contribution in [0.4, 0.5) is 23.3 Å². The number of imidazole rings is 4. The molecule has 0 radical (unpaired) electrons. The summed E-state index contributed by atoms with van der Waals surface area (Å²) in [4.78, 5) is 92.9. The summed E-state index contributed by atoms with van der Waals surface area (Å²) in [5, 5.41) is 44.7. The molecule has 88 heavy (non-hydrogen) atoms. The fourth-order valence-electron chi connectivity index (χ4n) is 10.5. The van der Waals surface area contributed by atoms with Crippen molar-refractivity contribution >= 4 is 99.2 Å². The van der Waals surface area contributed by atoms with Crippen LogP contribution >= 0.6 is 31.3 Å². The molecule has 5 saturated heterocycles. The molecule has 0 bridgehead atoms. The number of hydrogen-bond acceptors (Lipinski definition) is 36. The van der Waals surface area contributed by atoms with Crippen LogP contribution in [0, 0.1) is 0 Å². The average Bonchev–Trinajstić information content (AvgIpc) is 1.93. The highest BCUT2D eigenvalue weighted by Gasteiger charge is 2.60. The number of ether oxygens (including phenoxy) is 4. The molecular formula is C40H48N20O24P4. The number of fused-ring (bicyclic) bond motifs is 5. The monoisotopic (exact) mass is 1320 g/mol. The molecule has 48 heteroatoms. The van der Waals surface area contributed by atoms with Gasteiger partial charge in [-0.15, -0.1) is 0 Å². The number of aromatic nitrogens is 16. The highest BCUT2D eigenvalue weighted by Crippen LogP contribution is 2.60. The summed E-state index contributed by atoms with van der Waals surface area (Å²) >= 11 is 0. The lowest BCUT2D eigenvalue weighted by molar-refractivity contribution is -0.0677. The first-order valence-electron chi connectivity index (χ1n) is 25.5. The van der Waals surface area contributed by atoms with Crippen LogP contribution in [0.2, 0.25) is 0 Å². The van der Waals surface area contributed by atoms with Crippen molar-refractivity contribution in [3.05, 3.63) is 50.6 Å². The van der Waals surface area contributed by atoms with Gasteiger partial charge in [0.25, 0.3) is 0 Å². The van der Waals surface area contributed by atoms with Gasteiger partial charge < -0.3 is 81.9 Å². The van der Waals surface area contributed by atoms with E-state index < -0.39 is 156 Å². The molecule has 8 aromatic rings. The van der Waals surface area contributed by atoms with Crippen LogP contribution in [0.1, 0.15) is 24.9 Å². The van der Waals surface area contributed by atoms with E-state index in [1.807, 2.05) is 0 Å². The SMILES string of the molecule is Nc1ncnc2c1ncn2[C@@H]1O[C@H](CO)[C@@H](O)[C@H]1OP(=O)(O)OC[C@H]1O[C@@H](n2cnc3c(N)ncnc32)[C@H](OP(=O)(O)OC[C@H]2O[C@@H](n3cnc4c(N)ncnc43)[C@H](OP(=O)(O)OC[C@H]3O[C@@H](n4cnc5c(N)ncnc54)[C@@H]4OP(=O)(O)O[C@@H]43)[C@@H]2O)[C@@H]1O. The molecule has 16 N–H and O–H groups in total. The van der Waals surface area contributed by atoms with Gasteiger partial charge in [-0.1, -0.05) is 0 Å². The molecule has 8 aromatic heterocycles. The number of nitrogens with two attached hydrogens (primary N) is 4. The van der Waals surface area contributed by atoms with Crippen molar-refractivity contribution in [2.24, 2.45) is 0 Å². The van der Waals surface area contributed by atoms with Crippen LogP contribution in [0.3, 0.4) is 0 Å². The summed E-state index contributed by atoms with van der Waals surface area (Å²) in [6.07, 6.45) is -18.2. The van der Waals surface area contributed by atoms with Crippen LogP contribution in [0.25, 0.3) is 44.7 Å². The van der Waals surface area contributed by atoms with Gasteiger partial charge >= 0.3 is 31.3 Å². The van der Waals surface area contributed by atoms with E-state index in [2.05, 4.69) is 59.8 Å². The number of nitrogens with zero attached hydrogens (tertiary/aromatic N) is 16. The zero-order chi connectivity index (χ0) is 61.9. The molecule has 13 rings (SSSR count). The Balaban J connectivity index is 0.716. The topological polar surface area (TPSA) is 619 Å². The lowest BCUT2D eigenvalue weighted by Gasteiger charge is -2.25. The van der Waals surface area contributed by atoms with Crippen LogP contribution in [0.15, 0.2) is 50.6 Å². The molecule has 4 unspecified atom stereocenters. The second-order valence-corrected chi connectivity index (χ2v) is 25.4. The van der Waals surface area contributed by atoms with Crippen LogP contribution < -0.4 is 22.9 Å². The van der Waals surface area contributed by atoms with Gasteiger partial charge in [-0.3, -0.25) is 54.5 Å². The standard InChI is InChI=1S/C40H48N20O24P4/c41-29-17-33(49-5-45-29)57(9-53-17)37-25(21(62)13(1-61)76-37)81-85(65,66)73-2-14-22(63)26(38(77-14)58-10-54-18-30(42)46-6-50-34(18)58)82-86(67,68)74-3-15-23(64)27(39(78-15)59-11-55-19-31(43)47-7-51-35(19)59)83-87(69,70)75-4-16-24-28(84-88(71,72)80-24)40(79-16)60-12-56-20-32(44)48-8-52-36(20)60/h5-16,21-28,37-40,61-64H,1-4H2,(H,65,66)(H,67,68)(H,69,70)(H,71,72)(H2,41,45,49)(H2,42,46,50)(H2,43,47,51)(H2,44,48,52)/t13-,14-,15-,16-,21-,22-,23-,24-,25-,26-,27-,28-,37-,38-,39-,40-/m1/s1. The molecule has 0 aliphatic carbocycles. The molecule has 13 heterocycles. The number of nitrogen functional groups attached to an aromatic ring is 4. The van der Waals surface area contributed by atoms with E-state index in [1.54, 1.807) is 0 Å². The Bertz CT molecular complexity index is 4170. The molecule has 5 fully saturated rings. The molecule has 0 saturated carbocycles. The predicted molar refractivity (Wildman–Crippen MR) is 281 cm³/mol. The fourth-order valence-corrected chi connectivity index (χ4v) is 14.5. The average molecular weight is 1320 g/mol. The smallest absolute Gasteiger partial charge is 0.394 e. The predicted octanol–water partition coefficient (Wildman–Crippen LogP) is -3.27. The summed E-state index contributed by atoms with van der Waals surface area (Å²) < 4.78 is 126. The van der Waals surface area contributed by atoms with E-state index >= 15 is 0 Å². The largest absolute Gasteiger partial charge is 0.473 e. The molecule has 0 spiro atoms. The molecule has 472 valence electrons. The van der Waals surface area contributed by atoms with Gasteiger partial charge in [-0.2, -0.15) is 0 Å². The Hall–Kier alpha value is -6.48. The van der Waals surface area contributed by atoms with Crippen LogP contribution in [0.5, 0.6) is 0 Å². The number of aliphatic hydroxyl groups excluding tert-OH is 4. The van der Waals surface area contributed by atoms with Crippen molar-refractivity contribution in [1.29, 1.82) is 0 Å². The number of aliphatic hydroxyl groups is 4. The summed E-state index contributed by atoms with van der Waals surface area (Å²) in [5.41, 5.74) is 24.2. The maximum absolute atomic E-state index is 14.1. The van der Waals surface area contributed by atoms with E-state index in [0.29, 0.717) is 0 Å². The molecule has 0 aromatic carbocycles. The lowest BCUT2D eigenvalue weighted by atomic mass is 10.1. The first kappa shape index (κ1) is 60.4. The van der Waals surface area contributed by atoms with Gasteiger partial charge in [0.05, 0.1) is 51.7 Å². The third-order valence-electron chi connectivity index (χ3n) is 14.5. The number of anilines is 4. The van der Waals surface area contributed by atoms with Crippen molar-refractivity contribution in [1.82, 2.24) is 78.1 Å². The minimum absolute atomic E-state index is 0.00331. The van der Waals surface area contributed by atoms with Gasteiger partial charge in [0.1, 0.15) is 121 Å². The maximum Gasteiger partial charge on any atom is 0.473 e. The number of phosphoric ester groups is 4. The molecular weight excluding hydrogens is 1270 g/mol. The van der Waals surface area contributed by atoms with Gasteiger partial charge in [0, 0.05) is 0 Å². The second kappa shape index (κ2) is 22.8. The molecule has 5 aliphatic rings. The van der Waals surface area contributed by atoms with E-state index in [1.165, 1.54) is 21.8 Å². The third-order valence-corrected chi connectivity index (χ3v) is 18.5. The van der Waals surface area contributed by atoms with E-state index in [-0.39, 0.29) is 67.9 Å². The van der Waals surface area contributed by atoms with E-state index in [4.69, 9.17) is 78.1 Å². The van der Waals surface area contributed by atoms with E-state index in [0.717, 1.165) is 47.1 Å². The zero-order valence-corrected chi connectivity index (χ0v) is 47.6. The van der Waals surface area contributed by atoms with Crippen LogP contribution in [-0.4, -0.2) is 218 Å². The zero-order valence-electron chi connectivity index (χ0n) is 44.0. The van der Waals surface area contributed by atoms with Crippen molar-refractivity contribution < 1.29 is 113 Å². The van der Waals surface area contributed by atoms with Gasteiger partial charge in [0.15, 0.2) is 70.8 Å². The Morgan fingerprint density at radius 2 is 0.750 bits per heavy atom. The Kier molecular flexibility index (Phi) is 15.6. The normalized spacial score (nSPS) is 33.6. The Morgan fingerprint density at radius 1 is 0.455 bits per heavy atom. The molecule has 0 amide bonds. The van der Waals surface area contributed by atoms with E-state index in [9.17, 15) is 58.3 Å². The van der Waals surface area contributed by atoms with Gasteiger partial charge in [-0.05, 0) is 0 Å². The summed E-state index contributed by atoms with van der Waals surface area (Å²) in [5.74, 6) is -0.287. The van der Waals surface area contributed by atoms with Gasteiger partial charge in [0.2, 0.25) is 0 Å². The third kappa shape index (κ3) is 11.1. The lowest BCUT2D eigenvalue weighted by Crippen LogP contribution is -2.37. The molecule has 5 aliphatic heterocycles. The highest BCUT2D eigenvalue weighted by molar-refractivity contribution is 7.48. The highest BCUT2D eigenvalue weighted by atomic mass is 31.2.